The Bertz CT molecular complexity index is 285. The number of nitrogens with one attached hydrogen (secondary N) is 2. The first-order chi connectivity index (χ1) is 9.49. The summed E-state index contributed by atoms with van der Waals surface area (Å²) in [6.45, 7) is 3.38. The number of unbranched alkanes of at least 4 members (excludes halogenated alkanes) is 1. The fraction of sp³-hybridized carbons (Fsp3) is 0.833. The smallest absolute Gasteiger partial charge is 0.328 e. The van der Waals surface area contributed by atoms with Crippen molar-refractivity contribution in [2.45, 2.75) is 31.9 Å². The second kappa shape index (κ2) is 11.4. The molecule has 20 heavy (non-hydrogen) atoms. The van der Waals surface area contributed by atoms with Crippen molar-refractivity contribution in [3.63, 3.8) is 0 Å². The van der Waals surface area contributed by atoms with Gasteiger partial charge in [-0.15, -0.1) is 0 Å². The molecular weight excluding hydrogens is 268 g/mol. The predicted molar refractivity (Wildman–Crippen MR) is 71.6 cm³/mol. The van der Waals surface area contributed by atoms with Crippen LogP contribution < -0.4 is 10.6 Å². The molecule has 8 heteroatoms. The molecule has 0 fully saturated rings. The van der Waals surface area contributed by atoms with Crippen LogP contribution in [0.3, 0.4) is 0 Å². The Morgan fingerprint density at radius 1 is 1.20 bits per heavy atom. The van der Waals surface area contributed by atoms with E-state index in [9.17, 15) is 14.7 Å². The van der Waals surface area contributed by atoms with Gasteiger partial charge in [0.1, 0.15) is 0 Å². The third-order valence-corrected chi connectivity index (χ3v) is 2.47. The van der Waals surface area contributed by atoms with Crippen LogP contribution in [0.1, 0.15) is 19.8 Å². The van der Waals surface area contributed by atoms with Crippen LogP contribution in [0.4, 0.5) is 4.79 Å². The van der Waals surface area contributed by atoms with Crippen LogP contribution >= 0.6 is 0 Å². The zero-order chi connectivity index (χ0) is 15.4. The highest BCUT2D eigenvalue weighted by atomic mass is 16.5. The summed E-state index contributed by atoms with van der Waals surface area (Å²) in [7, 11) is 1.60. The van der Waals surface area contributed by atoms with E-state index in [-0.39, 0.29) is 0 Å². The lowest BCUT2D eigenvalue weighted by molar-refractivity contribution is -0.141. The number of carbonyl (C=O) groups is 2. The second-order valence-electron chi connectivity index (χ2n) is 4.27. The molecule has 0 radical (unpaired) electrons. The van der Waals surface area contributed by atoms with E-state index in [1.807, 2.05) is 0 Å². The molecule has 0 rings (SSSR count). The molecule has 0 aliphatic heterocycles. The van der Waals surface area contributed by atoms with Crippen LogP contribution in [0.15, 0.2) is 0 Å². The first-order valence-electron chi connectivity index (χ1n) is 6.51. The molecule has 0 aromatic rings. The van der Waals surface area contributed by atoms with E-state index in [4.69, 9.17) is 14.6 Å². The maximum Gasteiger partial charge on any atom is 0.328 e. The van der Waals surface area contributed by atoms with Gasteiger partial charge < -0.3 is 30.3 Å². The van der Waals surface area contributed by atoms with Crippen LogP contribution in [0, 0.1) is 0 Å². The number of amides is 2. The Balaban J connectivity index is 3.60. The molecule has 0 aromatic carbocycles. The number of aliphatic hydroxyl groups is 1. The maximum absolute atomic E-state index is 11.4. The lowest BCUT2D eigenvalue weighted by Crippen LogP contribution is -2.51. The standard InChI is InChI=1S/C12H24N2O6/c1-9(15)10(11(16)17)14-12(18)13-5-3-4-6-20-8-7-19-2/h9-10,15H,3-8H2,1-2H3,(H,16,17)(H2,13,14,18)/t9-,10+/m1/s1. The summed E-state index contributed by atoms with van der Waals surface area (Å²) in [5.41, 5.74) is 0. The van der Waals surface area contributed by atoms with Crippen molar-refractivity contribution in [3.05, 3.63) is 0 Å². The van der Waals surface area contributed by atoms with Gasteiger partial charge in [0.2, 0.25) is 0 Å². The number of carboxylic acids is 1. The molecule has 0 saturated carbocycles. The van der Waals surface area contributed by atoms with Gasteiger partial charge in [-0.25, -0.2) is 9.59 Å². The molecule has 118 valence electrons. The monoisotopic (exact) mass is 292 g/mol. The summed E-state index contributed by atoms with van der Waals surface area (Å²) in [6, 6.07) is -1.93. The van der Waals surface area contributed by atoms with Gasteiger partial charge in [-0.1, -0.05) is 0 Å². The van der Waals surface area contributed by atoms with Crippen LogP contribution in [0.2, 0.25) is 0 Å². The molecule has 0 bridgehead atoms. The third kappa shape index (κ3) is 9.54. The van der Waals surface area contributed by atoms with Crippen molar-refractivity contribution < 1.29 is 29.3 Å². The van der Waals surface area contributed by atoms with Gasteiger partial charge in [0.05, 0.1) is 19.3 Å². The van der Waals surface area contributed by atoms with Crippen LogP contribution in [-0.4, -0.2) is 67.8 Å². The highest BCUT2D eigenvalue weighted by Crippen LogP contribution is 1.93. The van der Waals surface area contributed by atoms with Gasteiger partial charge in [-0.3, -0.25) is 0 Å². The minimum Gasteiger partial charge on any atom is -0.480 e. The number of rotatable bonds is 11. The topological polar surface area (TPSA) is 117 Å². The van der Waals surface area contributed by atoms with Gasteiger partial charge in [0.25, 0.3) is 0 Å². The molecule has 0 unspecified atom stereocenters. The molecule has 8 nitrogen and oxygen atoms in total. The highest BCUT2D eigenvalue weighted by Gasteiger charge is 2.24. The fourth-order valence-corrected chi connectivity index (χ4v) is 1.36. The minimum absolute atomic E-state index is 0.408. The normalized spacial score (nSPS) is 13.6. The number of aliphatic hydroxyl groups excluding tert-OH is 1. The van der Waals surface area contributed by atoms with Crippen molar-refractivity contribution in [2.24, 2.45) is 0 Å². The van der Waals surface area contributed by atoms with Gasteiger partial charge in [-0.2, -0.15) is 0 Å². The van der Waals surface area contributed by atoms with Gasteiger partial charge in [0.15, 0.2) is 6.04 Å². The third-order valence-electron chi connectivity index (χ3n) is 2.47. The van der Waals surface area contributed by atoms with Crippen molar-refractivity contribution in [1.82, 2.24) is 10.6 Å². The van der Waals surface area contributed by atoms with Gasteiger partial charge >= 0.3 is 12.0 Å². The van der Waals surface area contributed by atoms with E-state index >= 15 is 0 Å². The quantitative estimate of drug-likeness (QED) is 0.384. The van der Waals surface area contributed by atoms with Crippen LogP contribution in [-0.2, 0) is 14.3 Å². The number of urea groups is 1. The van der Waals surface area contributed by atoms with E-state index in [1.165, 1.54) is 6.92 Å². The molecule has 0 aromatic heterocycles. The molecule has 0 saturated heterocycles. The maximum atomic E-state index is 11.4. The van der Waals surface area contributed by atoms with Crippen molar-refractivity contribution in [1.29, 1.82) is 0 Å². The van der Waals surface area contributed by atoms with E-state index in [0.29, 0.717) is 32.8 Å². The number of carboxylic acid groups (broad SMARTS) is 1. The first kappa shape index (κ1) is 18.6. The molecule has 0 heterocycles. The number of aliphatic carboxylic acids is 1. The zero-order valence-corrected chi connectivity index (χ0v) is 11.9. The van der Waals surface area contributed by atoms with Crippen molar-refractivity contribution in [3.8, 4) is 0 Å². The number of hydrogen-bond donors (Lipinski definition) is 4. The summed E-state index contributed by atoms with van der Waals surface area (Å²) < 4.78 is 10.1. The SMILES string of the molecule is COCCOCCCCNC(=O)N[C@H](C(=O)O)[C@@H](C)O. The molecule has 0 spiro atoms. The molecule has 2 atom stereocenters. The van der Waals surface area contributed by atoms with Gasteiger partial charge in [-0.05, 0) is 19.8 Å². The number of methoxy groups -OCH3 is 1. The second-order valence-corrected chi connectivity index (χ2v) is 4.27. The van der Waals surface area contributed by atoms with E-state index < -0.39 is 24.1 Å². The predicted octanol–water partition coefficient (Wildman–Crippen LogP) is -0.437. The molecule has 0 aliphatic rings. The number of carbonyl (C=O) groups excluding carboxylic acids is 1. The Morgan fingerprint density at radius 3 is 2.45 bits per heavy atom. The molecular formula is C12H24N2O6. The van der Waals surface area contributed by atoms with Crippen LogP contribution in [0.5, 0.6) is 0 Å². The number of ether oxygens (including phenoxy) is 2. The first-order valence-corrected chi connectivity index (χ1v) is 6.51. The Labute approximate surface area is 118 Å². The number of hydrogen-bond acceptors (Lipinski definition) is 5. The highest BCUT2D eigenvalue weighted by molar-refractivity contribution is 5.82. The molecule has 4 N–H and O–H groups in total. The average Bonchev–Trinajstić information content (AvgIpc) is 2.38. The summed E-state index contributed by atoms with van der Waals surface area (Å²) in [4.78, 5) is 22.1. The largest absolute Gasteiger partial charge is 0.480 e. The van der Waals surface area contributed by atoms with Crippen LogP contribution in [0.25, 0.3) is 0 Å². The Hall–Kier alpha value is -1.38. The van der Waals surface area contributed by atoms with Crippen molar-refractivity contribution >= 4 is 12.0 Å². The van der Waals surface area contributed by atoms with E-state index in [0.717, 1.165) is 6.42 Å². The summed E-state index contributed by atoms with van der Waals surface area (Å²) in [5, 5.41) is 22.7. The zero-order valence-electron chi connectivity index (χ0n) is 11.9. The molecule has 0 aliphatic carbocycles. The Morgan fingerprint density at radius 2 is 1.90 bits per heavy atom. The minimum atomic E-state index is -1.31. The summed E-state index contributed by atoms with van der Waals surface area (Å²) >= 11 is 0. The van der Waals surface area contributed by atoms with Crippen molar-refractivity contribution in [2.75, 3.05) is 33.5 Å². The lowest BCUT2D eigenvalue weighted by Gasteiger charge is -2.17. The van der Waals surface area contributed by atoms with Gasteiger partial charge in [0, 0.05) is 20.3 Å². The average molecular weight is 292 g/mol. The summed E-state index contributed by atoms with van der Waals surface area (Å²) in [6.07, 6.45) is 0.336. The summed E-state index contributed by atoms with van der Waals surface area (Å²) in [5.74, 6) is -1.28. The van der Waals surface area contributed by atoms with E-state index in [1.54, 1.807) is 7.11 Å². The fourth-order valence-electron chi connectivity index (χ4n) is 1.36. The Kier molecular flexibility index (Phi) is 10.7. The molecule has 2 amide bonds. The van der Waals surface area contributed by atoms with E-state index in [2.05, 4.69) is 10.6 Å². The lowest BCUT2D eigenvalue weighted by atomic mass is 10.2.